The first-order valence-electron chi connectivity index (χ1n) is 12.1. The maximum Gasteiger partial charge on any atom is 0.124 e. The van der Waals surface area contributed by atoms with Crippen LogP contribution in [-0.4, -0.2) is 25.3 Å². The minimum absolute atomic E-state index is 0.187. The van der Waals surface area contributed by atoms with E-state index >= 15 is 0 Å². The fourth-order valence-electron chi connectivity index (χ4n) is 5.80. The van der Waals surface area contributed by atoms with Gasteiger partial charge >= 0.3 is 0 Å². The molecule has 1 heterocycles. The third kappa shape index (κ3) is 4.25. The minimum atomic E-state index is 0.187. The molecular formula is C30H33NO2. The lowest BCUT2D eigenvalue weighted by Gasteiger charge is -2.36. The summed E-state index contributed by atoms with van der Waals surface area (Å²) in [5.74, 6) is 2.48. The molecular weight excluding hydrogens is 406 g/mol. The normalized spacial score (nSPS) is 20.8. The first-order chi connectivity index (χ1) is 16.2. The Balaban J connectivity index is 1.55. The average molecular weight is 440 g/mol. The van der Waals surface area contributed by atoms with Crippen LogP contribution in [0, 0.1) is 5.92 Å². The minimum Gasteiger partial charge on any atom is -0.508 e. The smallest absolute Gasteiger partial charge is 0.124 e. The van der Waals surface area contributed by atoms with Crippen molar-refractivity contribution in [3.63, 3.8) is 0 Å². The summed E-state index contributed by atoms with van der Waals surface area (Å²) in [6.07, 6.45) is 6.43. The number of fused-ring (bicyclic) bond motifs is 1. The molecule has 3 aromatic rings. The fraction of sp³-hybridized carbons (Fsp3) is 0.333. The lowest BCUT2D eigenvalue weighted by molar-refractivity contribution is 0.400. The molecule has 1 N–H and O–H groups in total. The first-order valence-corrected chi connectivity index (χ1v) is 12.1. The van der Waals surface area contributed by atoms with E-state index in [-0.39, 0.29) is 5.92 Å². The van der Waals surface area contributed by atoms with Crippen molar-refractivity contribution in [2.45, 2.75) is 37.5 Å². The quantitative estimate of drug-likeness (QED) is 0.451. The number of phenols is 1. The molecule has 0 spiro atoms. The Kier molecular flexibility index (Phi) is 6.13. The summed E-state index contributed by atoms with van der Waals surface area (Å²) in [5, 5.41) is 10.1. The highest BCUT2D eigenvalue weighted by molar-refractivity contribution is 5.58. The van der Waals surface area contributed by atoms with Gasteiger partial charge < -0.3 is 14.7 Å². The molecule has 3 nitrogen and oxygen atoms in total. The molecule has 0 bridgehead atoms. The molecule has 3 heteroatoms. The van der Waals surface area contributed by atoms with Gasteiger partial charge in [0.25, 0.3) is 0 Å². The van der Waals surface area contributed by atoms with Crippen LogP contribution in [0.2, 0.25) is 0 Å². The molecule has 1 aliphatic heterocycles. The number of hydrogen-bond donors (Lipinski definition) is 1. The van der Waals surface area contributed by atoms with Crippen LogP contribution >= 0.6 is 0 Å². The predicted molar refractivity (Wildman–Crippen MR) is 136 cm³/mol. The fourth-order valence-corrected chi connectivity index (χ4v) is 5.80. The number of piperidine rings is 1. The van der Waals surface area contributed by atoms with E-state index in [0.29, 0.717) is 17.6 Å². The van der Waals surface area contributed by atoms with Crippen LogP contribution in [0.4, 0.5) is 5.69 Å². The van der Waals surface area contributed by atoms with Crippen LogP contribution in [0.5, 0.6) is 11.5 Å². The summed E-state index contributed by atoms with van der Waals surface area (Å²) >= 11 is 0. The van der Waals surface area contributed by atoms with Crippen molar-refractivity contribution in [1.29, 1.82) is 0 Å². The molecule has 0 aromatic heterocycles. The summed E-state index contributed by atoms with van der Waals surface area (Å²) in [5.41, 5.74) is 6.35. The number of nitrogens with zero attached hydrogens (tertiary/aromatic N) is 1. The van der Waals surface area contributed by atoms with Crippen molar-refractivity contribution in [1.82, 2.24) is 0 Å². The second-order valence-corrected chi connectivity index (χ2v) is 9.40. The maximum atomic E-state index is 10.1. The molecule has 1 saturated heterocycles. The van der Waals surface area contributed by atoms with E-state index in [2.05, 4.69) is 72.2 Å². The Morgan fingerprint density at radius 2 is 1.70 bits per heavy atom. The highest BCUT2D eigenvalue weighted by Crippen LogP contribution is 2.49. The number of allylic oxidation sites excluding steroid dienone is 1. The van der Waals surface area contributed by atoms with Crippen LogP contribution < -0.4 is 9.64 Å². The number of phenolic OH excluding ortho intramolecular Hbond substituents is 1. The van der Waals surface area contributed by atoms with Gasteiger partial charge in [-0.3, -0.25) is 0 Å². The topological polar surface area (TPSA) is 32.7 Å². The van der Waals surface area contributed by atoms with Crippen molar-refractivity contribution in [2.24, 2.45) is 5.92 Å². The summed E-state index contributed by atoms with van der Waals surface area (Å²) < 4.78 is 6.00. The maximum absolute atomic E-state index is 10.1. The molecule has 0 saturated carbocycles. The van der Waals surface area contributed by atoms with E-state index < -0.39 is 0 Å². The zero-order valence-electron chi connectivity index (χ0n) is 19.4. The lowest BCUT2D eigenvalue weighted by atomic mass is 9.69. The van der Waals surface area contributed by atoms with Crippen molar-refractivity contribution in [3.8, 4) is 11.5 Å². The summed E-state index contributed by atoms with van der Waals surface area (Å²) in [6, 6.07) is 23.5. The largest absolute Gasteiger partial charge is 0.508 e. The highest BCUT2D eigenvalue weighted by Gasteiger charge is 2.34. The zero-order chi connectivity index (χ0) is 22.8. The molecule has 2 unspecified atom stereocenters. The van der Waals surface area contributed by atoms with Gasteiger partial charge in [0, 0.05) is 36.3 Å². The van der Waals surface area contributed by atoms with Crippen molar-refractivity contribution < 1.29 is 9.84 Å². The van der Waals surface area contributed by atoms with Gasteiger partial charge in [-0.05, 0) is 72.4 Å². The molecule has 0 amide bonds. The molecule has 1 fully saturated rings. The Bertz CT molecular complexity index is 1120. The number of rotatable bonds is 5. The first kappa shape index (κ1) is 21.6. The molecule has 170 valence electrons. The van der Waals surface area contributed by atoms with Crippen molar-refractivity contribution >= 4 is 5.69 Å². The Labute approximate surface area is 197 Å². The Morgan fingerprint density at radius 3 is 2.42 bits per heavy atom. The second kappa shape index (κ2) is 9.35. The predicted octanol–water partition coefficient (Wildman–Crippen LogP) is 6.67. The van der Waals surface area contributed by atoms with E-state index in [1.165, 1.54) is 27.9 Å². The van der Waals surface area contributed by atoms with Crippen LogP contribution in [0.1, 0.15) is 53.4 Å². The van der Waals surface area contributed by atoms with Crippen LogP contribution in [-0.2, 0) is 6.42 Å². The van der Waals surface area contributed by atoms with Gasteiger partial charge in [0.2, 0.25) is 0 Å². The Hall–Kier alpha value is -3.20. The molecule has 33 heavy (non-hydrogen) atoms. The molecule has 0 radical (unpaired) electrons. The Morgan fingerprint density at radius 1 is 0.939 bits per heavy atom. The summed E-state index contributed by atoms with van der Waals surface area (Å²) in [6.45, 7) is 6.08. The van der Waals surface area contributed by atoms with Gasteiger partial charge in [-0.1, -0.05) is 48.5 Å². The van der Waals surface area contributed by atoms with Crippen molar-refractivity contribution in [3.05, 3.63) is 102 Å². The average Bonchev–Trinajstić information content (AvgIpc) is 2.88. The number of aryl methyl sites for hydroxylation is 1. The number of aromatic hydroxyl groups is 1. The van der Waals surface area contributed by atoms with Crippen LogP contribution in [0.15, 0.2) is 79.4 Å². The number of benzene rings is 3. The molecule has 5 rings (SSSR count). The van der Waals surface area contributed by atoms with E-state index in [4.69, 9.17) is 4.74 Å². The summed E-state index contributed by atoms with van der Waals surface area (Å²) in [7, 11) is 1.78. The van der Waals surface area contributed by atoms with Gasteiger partial charge in [-0.2, -0.15) is 0 Å². The van der Waals surface area contributed by atoms with E-state index in [0.717, 1.165) is 44.5 Å². The summed E-state index contributed by atoms with van der Waals surface area (Å²) in [4.78, 5) is 2.47. The number of anilines is 1. The van der Waals surface area contributed by atoms with E-state index in [1.54, 1.807) is 7.11 Å². The third-order valence-corrected chi connectivity index (χ3v) is 7.61. The number of ether oxygens (including phenoxy) is 1. The van der Waals surface area contributed by atoms with Gasteiger partial charge in [-0.15, -0.1) is 6.58 Å². The SMILES string of the molecule is C=CC1CCN(c2ccc(C3c4ccc(O)cc4CCC3c3ccccc3)c(OC)c2)CC1. The second-order valence-electron chi connectivity index (χ2n) is 9.40. The van der Waals surface area contributed by atoms with Gasteiger partial charge in [-0.25, -0.2) is 0 Å². The highest BCUT2D eigenvalue weighted by atomic mass is 16.5. The van der Waals surface area contributed by atoms with Crippen LogP contribution in [0.25, 0.3) is 0 Å². The van der Waals surface area contributed by atoms with Gasteiger partial charge in [0.05, 0.1) is 7.11 Å². The van der Waals surface area contributed by atoms with Gasteiger partial charge in [0.15, 0.2) is 0 Å². The van der Waals surface area contributed by atoms with E-state index in [9.17, 15) is 5.11 Å². The van der Waals surface area contributed by atoms with Crippen LogP contribution in [0.3, 0.4) is 0 Å². The lowest BCUT2D eigenvalue weighted by Crippen LogP contribution is -2.33. The monoisotopic (exact) mass is 439 g/mol. The van der Waals surface area contributed by atoms with E-state index in [1.807, 2.05) is 12.1 Å². The van der Waals surface area contributed by atoms with Crippen molar-refractivity contribution in [2.75, 3.05) is 25.1 Å². The standard InChI is InChI=1S/C30H33NO2/c1-3-21-15-17-31(18-16-21)24-10-13-28(29(20-24)33-2)30-26(22-7-5-4-6-8-22)12-9-23-19-25(32)11-14-27(23)30/h3-8,10-11,13-14,19-21,26,30,32H,1,9,12,15-18H2,2H3. The number of methoxy groups -OCH3 is 1. The zero-order valence-corrected chi connectivity index (χ0v) is 19.4. The molecule has 2 aliphatic rings. The molecule has 3 aromatic carbocycles. The molecule has 2 atom stereocenters. The van der Waals surface area contributed by atoms with Gasteiger partial charge in [0.1, 0.15) is 11.5 Å². The third-order valence-electron chi connectivity index (χ3n) is 7.61. The molecule has 1 aliphatic carbocycles. The number of hydrogen-bond acceptors (Lipinski definition) is 3.